The van der Waals surface area contributed by atoms with Gasteiger partial charge in [0.2, 0.25) is 0 Å². The lowest BCUT2D eigenvalue weighted by Gasteiger charge is -2.01. The van der Waals surface area contributed by atoms with E-state index in [1.807, 2.05) is 0 Å². The Morgan fingerprint density at radius 1 is 1.55 bits per heavy atom. The standard InChI is InChI=1S/C7H7F3O/c1-2-3-4-6(11)5-7(8,9)10/h3H,1,4-5H2. The topological polar surface area (TPSA) is 17.1 Å². The first-order valence-corrected chi connectivity index (χ1v) is 2.88. The lowest BCUT2D eigenvalue weighted by Crippen LogP contribution is -2.13. The molecule has 0 fully saturated rings. The minimum absolute atomic E-state index is 0.247. The fraction of sp³-hybridized carbons (Fsp3) is 0.429. The summed E-state index contributed by atoms with van der Waals surface area (Å²) in [6, 6.07) is 0. The molecule has 0 atom stereocenters. The Morgan fingerprint density at radius 3 is 2.45 bits per heavy atom. The maximum atomic E-state index is 11.5. The number of halogens is 3. The van der Waals surface area contributed by atoms with Crippen molar-refractivity contribution in [1.82, 2.24) is 0 Å². The molecule has 0 aliphatic carbocycles. The van der Waals surface area contributed by atoms with Crippen LogP contribution >= 0.6 is 0 Å². The summed E-state index contributed by atoms with van der Waals surface area (Å²) in [4.78, 5) is 10.4. The first-order valence-electron chi connectivity index (χ1n) is 2.88. The molecule has 0 N–H and O–H groups in total. The first-order chi connectivity index (χ1) is 4.95. The highest BCUT2D eigenvalue weighted by atomic mass is 19.4. The molecule has 4 heteroatoms. The second kappa shape index (κ2) is 3.98. The maximum absolute atomic E-state index is 11.5. The van der Waals surface area contributed by atoms with Crippen LogP contribution in [0.25, 0.3) is 0 Å². The van der Waals surface area contributed by atoms with Crippen molar-refractivity contribution in [2.75, 3.05) is 0 Å². The van der Waals surface area contributed by atoms with Gasteiger partial charge in [0.1, 0.15) is 12.2 Å². The average molecular weight is 164 g/mol. The smallest absolute Gasteiger partial charge is 0.299 e. The summed E-state index contributed by atoms with van der Waals surface area (Å²) in [7, 11) is 0. The van der Waals surface area contributed by atoms with Gasteiger partial charge >= 0.3 is 6.18 Å². The summed E-state index contributed by atoms with van der Waals surface area (Å²) in [5.74, 6) is -0.867. The summed E-state index contributed by atoms with van der Waals surface area (Å²) in [6.07, 6.45) is -4.84. The Bertz CT molecular complexity index is 186. The Hall–Kier alpha value is -1.02. The third kappa shape index (κ3) is 6.87. The van der Waals surface area contributed by atoms with Gasteiger partial charge in [-0.05, 0) is 6.08 Å². The van der Waals surface area contributed by atoms with E-state index in [9.17, 15) is 18.0 Å². The van der Waals surface area contributed by atoms with Crippen molar-refractivity contribution in [3.8, 4) is 0 Å². The molecular formula is C7H7F3O. The zero-order valence-electron chi connectivity index (χ0n) is 5.74. The molecule has 0 aliphatic rings. The predicted octanol–water partition coefficient (Wildman–Crippen LogP) is 2.24. The fourth-order valence-electron chi connectivity index (χ4n) is 0.482. The van der Waals surface area contributed by atoms with E-state index in [0.29, 0.717) is 0 Å². The van der Waals surface area contributed by atoms with Gasteiger partial charge in [-0.1, -0.05) is 6.58 Å². The van der Waals surface area contributed by atoms with E-state index in [4.69, 9.17) is 0 Å². The molecule has 0 aromatic carbocycles. The molecule has 0 aliphatic heterocycles. The molecule has 1 nitrogen and oxygen atoms in total. The molecule has 11 heavy (non-hydrogen) atoms. The Balaban J connectivity index is 3.79. The highest BCUT2D eigenvalue weighted by Crippen LogP contribution is 2.20. The van der Waals surface area contributed by atoms with Crippen LogP contribution in [0.2, 0.25) is 0 Å². The van der Waals surface area contributed by atoms with E-state index in [2.05, 4.69) is 12.3 Å². The number of carbonyl (C=O) groups is 1. The van der Waals surface area contributed by atoms with Crippen molar-refractivity contribution in [1.29, 1.82) is 0 Å². The molecule has 0 spiro atoms. The van der Waals surface area contributed by atoms with E-state index in [1.54, 1.807) is 0 Å². The second-order valence-corrected chi connectivity index (χ2v) is 1.94. The summed E-state index contributed by atoms with van der Waals surface area (Å²) in [5, 5.41) is 0. The first kappa shape index (κ1) is 9.98. The van der Waals surface area contributed by atoms with Crippen LogP contribution in [0.4, 0.5) is 13.2 Å². The van der Waals surface area contributed by atoms with Gasteiger partial charge in [-0.25, -0.2) is 0 Å². The SMILES string of the molecule is C=C=CCC(=O)CC(F)(F)F. The minimum Gasteiger partial charge on any atom is -0.299 e. The van der Waals surface area contributed by atoms with E-state index < -0.39 is 18.4 Å². The van der Waals surface area contributed by atoms with Crippen LogP contribution in [0.5, 0.6) is 0 Å². The second-order valence-electron chi connectivity index (χ2n) is 1.94. The molecule has 0 aromatic rings. The van der Waals surface area contributed by atoms with Crippen LogP contribution in [-0.4, -0.2) is 12.0 Å². The fourth-order valence-corrected chi connectivity index (χ4v) is 0.482. The van der Waals surface area contributed by atoms with Gasteiger partial charge in [0.05, 0.1) is 0 Å². The number of Topliss-reactive ketones (excluding diaryl/α,β-unsaturated/α-hetero) is 1. The van der Waals surface area contributed by atoms with Crippen LogP contribution in [0.3, 0.4) is 0 Å². The van der Waals surface area contributed by atoms with Crippen LogP contribution in [0, 0.1) is 0 Å². The van der Waals surface area contributed by atoms with Crippen molar-refractivity contribution in [2.24, 2.45) is 0 Å². The number of hydrogen-bond donors (Lipinski definition) is 0. The van der Waals surface area contributed by atoms with Crippen molar-refractivity contribution >= 4 is 5.78 Å². The Labute approximate surface area is 62.2 Å². The largest absolute Gasteiger partial charge is 0.395 e. The summed E-state index contributed by atoms with van der Waals surface area (Å²) < 4.78 is 34.4. The van der Waals surface area contributed by atoms with Crippen molar-refractivity contribution < 1.29 is 18.0 Å². The minimum atomic E-state index is -4.40. The van der Waals surface area contributed by atoms with E-state index in [-0.39, 0.29) is 6.42 Å². The number of rotatable bonds is 3. The normalized spacial score (nSPS) is 10.5. The summed E-state index contributed by atoms with van der Waals surface area (Å²) >= 11 is 0. The Kier molecular flexibility index (Phi) is 3.61. The van der Waals surface area contributed by atoms with Gasteiger partial charge in [0.15, 0.2) is 0 Å². The molecule has 0 rings (SSSR count). The number of alkyl halides is 3. The van der Waals surface area contributed by atoms with E-state index in [0.717, 1.165) is 0 Å². The van der Waals surface area contributed by atoms with Gasteiger partial charge in [-0.3, -0.25) is 4.79 Å². The zero-order valence-corrected chi connectivity index (χ0v) is 5.74. The number of ketones is 1. The third-order valence-electron chi connectivity index (χ3n) is 0.872. The monoisotopic (exact) mass is 164 g/mol. The van der Waals surface area contributed by atoms with Gasteiger partial charge in [-0.2, -0.15) is 13.2 Å². The molecule has 0 saturated heterocycles. The van der Waals surface area contributed by atoms with E-state index in [1.165, 1.54) is 6.08 Å². The Morgan fingerprint density at radius 2 is 2.09 bits per heavy atom. The van der Waals surface area contributed by atoms with Crippen LogP contribution in [0.1, 0.15) is 12.8 Å². The zero-order chi connectivity index (χ0) is 8.91. The molecule has 0 radical (unpaired) electrons. The van der Waals surface area contributed by atoms with Crippen LogP contribution < -0.4 is 0 Å². The molecule has 0 aromatic heterocycles. The number of hydrogen-bond acceptors (Lipinski definition) is 1. The number of carbonyl (C=O) groups excluding carboxylic acids is 1. The molecule has 0 heterocycles. The summed E-state index contributed by atoms with van der Waals surface area (Å²) in [6.45, 7) is 3.12. The lowest BCUT2D eigenvalue weighted by atomic mass is 10.2. The lowest BCUT2D eigenvalue weighted by molar-refractivity contribution is -0.151. The molecule has 0 unspecified atom stereocenters. The van der Waals surface area contributed by atoms with Crippen LogP contribution in [-0.2, 0) is 4.79 Å². The number of allylic oxidation sites excluding steroid dienone is 1. The predicted molar refractivity (Wildman–Crippen MR) is 34.0 cm³/mol. The highest BCUT2D eigenvalue weighted by Gasteiger charge is 2.30. The summed E-state index contributed by atoms with van der Waals surface area (Å²) in [5.41, 5.74) is 2.22. The van der Waals surface area contributed by atoms with Crippen molar-refractivity contribution in [2.45, 2.75) is 19.0 Å². The van der Waals surface area contributed by atoms with Crippen LogP contribution in [0.15, 0.2) is 18.4 Å². The van der Waals surface area contributed by atoms with E-state index >= 15 is 0 Å². The maximum Gasteiger partial charge on any atom is 0.395 e. The quantitative estimate of drug-likeness (QED) is 0.584. The van der Waals surface area contributed by atoms with Gasteiger partial charge in [0.25, 0.3) is 0 Å². The molecular weight excluding hydrogens is 157 g/mol. The third-order valence-corrected chi connectivity index (χ3v) is 0.872. The van der Waals surface area contributed by atoms with Gasteiger partial charge in [-0.15, -0.1) is 5.73 Å². The van der Waals surface area contributed by atoms with Gasteiger partial charge < -0.3 is 0 Å². The molecule has 0 amide bonds. The molecule has 0 bridgehead atoms. The highest BCUT2D eigenvalue weighted by molar-refractivity contribution is 5.80. The molecule has 0 saturated carbocycles. The molecule has 62 valence electrons. The van der Waals surface area contributed by atoms with Crippen molar-refractivity contribution in [3.05, 3.63) is 18.4 Å². The van der Waals surface area contributed by atoms with Crippen molar-refractivity contribution in [3.63, 3.8) is 0 Å². The van der Waals surface area contributed by atoms with Gasteiger partial charge in [0, 0.05) is 6.42 Å². The average Bonchev–Trinajstić information content (AvgIpc) is 1.79.